The maximum atomic E-state index is 14.4. The van der Waals surface area contributed by atoms with E-state index in [1.54, 1.807) is 0 Å². The van der Waals surface area contributed by atoms with Crippen LogP contribution in [0.15, 0.2) is 0 Å². The SMILES string of the molecule is CC(C)[N-]C(C)(CCC(F)(F)C(F)(F)C(F)(F)C(F)(F)C(F)(F)C(F)F)CC(F)(F)C(F)(F)C(F)(F)C(F)(F)C(F)(F)C(F)F.O=P(O)(O)O. The second kappa shape index (κ2) is 14.7. The summed E-state index contributed by atoms with van der Waals surface area (Å²) in [4.78, 5) is 21.6. The Balaban J connectivity index is 0. The molecule has 0 saturated heterocycles. The summed E-state index contributed by atoms with van der Waals surface area (Å²) in [5.74, 6) is -76.6. The maximum absolute atomic E-state index is 14.4. The van der Waals surface area contributed by atoms with Gasteiger partial charge in [0.25, 0.3) is 0 Å². The van der Waals surface area contributed by atoms with Gasteiger partial charge in [-0.2, -0.15) is 87.8 Å². The third-order valence-corrected chi connectivity index (χ3v) is 6.03. The van der Waals surface area contributed by atoms with E-state index in [4.69, 9.17) is 19.2 Å². The van der Waals surface area contributed by atoms with Crippen LogP contribution in [0.2, 0.25) is 0 Å². The summed E-state index contributed by atoms with van der Waals surface area (Å²) in [6.07, 6.45) is -21.0. The number of rotatable bonds is 17. The molecule has 0 radical (unpaired) electrons. The summed E-state index contributed by atoms with van der Waals surface area (Å²) in [6, 6.07) is -1.70. The number of alkyl halides is 24. The average molecular weight is 826 g/mol. The first-order valence-corrected chi connectivity index (χ1v) is 13.6. The smallest absolute Gasteiger partial charge is 0.466 e. The summed E-state index contributed by atoms with van der Waals surface area (Å²) in [7, 11) is -4.64. The fourth-order valence-electron chi connectivity index (χ4n) is 3.54. The molecule has 0 saturated carbocycles. The van der Waals surface area contributed by atoms with Crippen molar-refractivity contribution in [2.75, 3.05) is 0 Å². The Morgan fingerprint density at radius 1 is 0.500 bits per heavy atom. The molecule has 304 valence electrons. The van der Waals surface area contributed by atoms with Crippen molar-refractivity contribution in [1.82, 2.24) is 0 Å². The zero-order valence-electron chi connectivity index (χ0n) is 24.1. The van der Waals surface area contributed by atoms with Gasteiger partial charge in [0.2, 0.25) is 0 Å². The fraction of sp³-hybridized carbons (Fsp3) is 1.00. The van der Waals surface area contributed by atoms with Crippen molar-refractivity contribution in [2.24, 2.45) is 0 Å². The maximum Gasteiger partial charge on any atom is 0.466 e. The molecule has 0 aliphatic heterocycles. The highest BCUT2D eigenvalue weighted by atomic mass is 31.2. The molecule has 0 bridgehead atoms. The summed E-state index contributed by atoms with van der Waals surface area (Å²) in [5, 5.41) is 2.94. The third-order valence-electron chi connectivity index (χ3n) is 6.03. The minimum Gasteiger partial charge on any atom is -0.654 e. The van der Waals surface area contributed by atoms with Gasteiger partial charge in [0.1, 0.15) is 0 Å². The van der Waals surface area contributed by atoms with Crippen LogP contribution in [0.4, 0.5) is 105 Å². The molecule has 1 unspecified atom stereocenters. The largest absolute Gasteiger partial charge is 0.654 e. The van der Waals surface area contributed by atoms with E-state index >= 15 is 0 Å². The van der Waals surface area contributed by atoms with Crippen molar-refractivity contribution in [3.8, 4) is 0 Å². The lowest BCUT2D eigenvalue weighted by atomic mass is 9.81. The fourth-order valence-corrected chi connectivity index (χ4v) is 3.54. The number of hydrogen-bond acceptors (Lipinski definition) is 1. The molecule has 50 heavy (non-hydrogen) atoms. The molecular formula is C20H21F24NO4P-. The Kier molecular flexibility index (Phi) is 14.8. The summed E-state index contributed by atoms with van der Waals surface area (Å²) < 4.78 is 331. The molecule has 0 aromatic rings. The van der Waals surface area contributed by atoms with Crippen LogP contribution >= 0.6 is 7.82 Å². The number of nitrogens with zero attached hydrogens (tertiary/aromatic N) is 1. The zero-order valence-corrected chi connectivity index (χ0v) is 25.0. The molecule has 0 aromatic heterocycles. The normalized spacial score (nSPS) is 16.9. The molecule has 0 aromatic carbocycles. The molecule has 1 atom stereocenters. The lowest BCUT2D eigenvalue weighted by molar-refractivity contribution is -0.415. The van der Waals surface area contributed by atoms with Gasteiger partial charge in [-0.3, -0.25) is 0 Å². The summed E-state index contributed by atoms with van der Waals surface area (Å²) in [6.45, 7) is 1.22. The number of halogens is 24. The second-order valence-corrected chi connectivity index (χ2v) is 11.6. The highest BCUT2D eigenvalue weighted by Crippen LogP contribution is 2.62. The van der Waals surface area contributed by atoms with Gasteiger partial charge in [0.05, 0.1) is 0 Å². The van der Waals surface area contributed by atoms with Crippen molar-refractivity contribution in [1.29, 1.82) is 0 Å². The molecule has 0 amide bonds. The standard InChI is InChI=1S/C20H18F24N.H3O4P/c1-7(2)45-10(3,6-12(27,28)16(35,36)20(43,44)18(39,40)14(31,32)9(23)24)4-5-11(25,26)15(33,34)19(41,42)17(37,38)13(29,30)8(21)22;1-5(2,3)4/h7-9H,4-6H2,1-3H3;(H3,1,2,3,4)/q-1;. The molecular weight excluding hydrogens is 805 g/mol. The van der Waals surface area contributed by atoms with E-state index < -0.39 is 111 Å². The van der Waals surface area contributed by atoms with Crippen molar-refractivity contribution in [2.45, 2.75) is 124 Å². The molecule has 0 aliphatic carbocycles. The van der Waals surface area contributed by atoms with Crippen molar-refractivity contribution in [3.05, 3.63) is 5.32 Å². The van der Waals surface area contributed by atoms with Gasteiger partial charge in [0, 0.05) is 12.8 Å². The lowest BCUT2D eigenvalue weighted by Crippen LogP contribution is -2.69. The van der Waals surface area contributed by atoms with Crippen molar-refractivity contribution >= 4 is 7.82 Å². The number of phosphoric acid groups is 1. The topological polar surface area (TPSA) is 91.9 Å². The monoisotopic (exact) mass is 826 g/mol. The highest BCUT2D eigenvalue weighted by molar-refractivity contribution is 7.45. The first-order valence-electron chi connectivity index (χ1n) is 12.1. The van der Waals surface area contributed by atoms with Crippen molar-refractivity contribution < 1.29 is 125 Å². The minimum absolute atomic E-state index is 0.160. The lowest BCUT2D eigenvalue weighted by Gasteiger charge is -2.51. The van der Waals surface area contributed by atoms with E-state index in [1.807, 2.05) is 0 Å². The van der Waals surface area contributed by atoms with E-state index in [-0.39, 0.29) is 6.92 Å². The first-order chi connectivity index (χ1) is 21.2. The molecule has 0 spiro atoms. The quantitative estimate of drug-likeness (QED) is 0.101. The van der Waals surface area contributed by atoms with Crippen LogP contribution < -0.4 is 0 Å². The molecule has 30 heteroatoms. The van der Waals surface area contributed by atoms with Crippen molar-refractivity contribution in [3.63, 3.8) is 0 Å². The predicted molar refractivity (Wildman–Crippen MR) is 116 cm³/mol. The van der Waals surface area contributed by atoms with Crippen LogP contribution in [0.1, 0.15) is 40.0 Å². The molecule has 0 fully saturated rings. The second-order valence-electron chi connectivity index (χ2n) is 10.6. The van der Waals surface area contributed by atoms with Gasteiger partial charge < -0.3 is 20.0 Å². The van der Waals surface area contributed by atoms with Crippen LogP contribution in [0.3, 0.4) is 0 Å². The third kappa shape index (κ3) is 9.48. The van der Waals surface area contributed by atoms with Gasteiger partial charge in [0.15, 0.2) is 0 Å². The zero-order chi connectivity index (χ0) is 41.6. The Morgan fingerprint density at radius 3 is 1.00 bits per heavy atom. The van der Waals surface area contributed by atoms with E-state index in [0.717, 1.165) is 0 Å². The van der Waals surface area contributed by atoms with E-state index in [2.05, 4.69) is 5.32 Å². The molecule has 0 aliphatic rings. The van der Waals surface area contributed by atoms with Crippen LogP contribution in [0.5, 0.6) is 0 Å². The van der Waals surface area contributed by atoms with E-state index in [0.29, 0.717) is 13.8 Å². The predicted octanol–water partition coefficient (Wildman–Crippen LogP) is 9.65. The highest BCUT2D eigenvalue weighted by Gasteiger charge is 2.89. The Labute approximate surface area is 262 Å². The van der Waals surface area contributed by atoms with E-state index in [1.165, 1.54) is 0 Å². The van der Waals surface area contributed by atoms with E-state index in [9.17, 15) is 105 Å². The Morgan fingerprint density at radius 2 is 0.760 bits per heavy atom. The van der Waals surface area contributed by atoms with Gasteiger partial charge in [-0.15, -0.1) is 11.6 Å². The van der Waals surface area contributed by atoms with Crippen LogP contribution in [0, 0.1) is 0 Å². The Hall–Kier alpha value is -1.61. The molecule has 3 N–H and O–H groups in total. The minimum atomic E-state index is -8.14. The molecule has 0 heterocycles. The summed E-state index contributed by atoms with van der Waals surface area (Å²) in [5.41, 5.74) is -3.75. The van der Waals surface area contributed by atoms with Gasteiger partial charge in [-0.1, -0.05) is 27.2 Å². The van der Waals surface area contributed by atoms with Crippen LogP contribution in [-0.4, -0.2) is 98.3 Å². The van der Waals surface area contributed by atoms with Crippen LogP contribution in [-0.2, 0) is 4.57 Å². The molecule has 5 nitrogen and oxygen atoms in total. The van der Waals surface area contributed by atoms with Crippen LogP contribution in [0.25, 0.3) is 5.32 Å². The average Bonchev–Trinajstić information content (AvgIpc) is 2.84. The Bertz CT molecular complexity index is 1160. The van der Waals surface area contributed by atoms with Gasteiger partial charge in [-0.25, -0.2) is 22.1 Å². The molecule has 0 rings (SSSR count). The van der Waals surface area contributed by atoms with Gasteiger partial charge in [-0.05, 0) is 0 Å². The first kappa shape index (κ1) is 50.5. The summed E-state index contributed by atoms with van der Waals surface area (Å²) >= 11 is 0. The number of hydrogen-bond donors (Lipinski definition) is 3. The van der Waals surface area contributed by atoms with Gasteiger partial charge >= 0.3 is 79.9 Å².